The van der Waals surface area contributed by atoms with Gasteiger partial charge in [0.05, 0.1) is 6.61 Å². The van der Waals surface area contributed by atoms with Gasteiger partial charge in [0.1, 0.15) is 0 Å². The maximum atomic E-state index is 8.56. The molecule has 5 N–H and O–H groups in total. The minimum absolute atomic E-state index is 0.444. The second kappa shape index (κ2) is 16.8. The summed E-state index contributed by atoms with van der Waals surface area (Å²) in [5.41, 5.74) is 0. The molecule has 0 saturated carbocycles. The van der Waals surface area contributed by atoms with Gasteiger partial charge in [0.25, 0.3) is 0 Å². The number of hydrogen-bond acceptors (Lipinski definition) is 4. The summed E-state index contributed by atoms with van der Waals surface area (Å²) >= 11 is 0. The van der Waals surface area contributed by atoms with Gasteiger partial charge in [-0.3, -0.25) is 5.26 Å². The van der Waals surface area contributed by atoms with Crippen LogP contribution < -0.4 is 0 Å². The molecule has 0 aromatic carbocycles. The number of carboxylic acid groups (broad SMARTS) is 4. The Morgan fingerprint density at radius 2 is 1.31 bits per heavy atom. The Kier molecular flexibility index (Phi) is 22.7. The number of hydrogen-bond donors (Lipinski definition) is 5. The molecule has 0 aliphatic rings. The lowest BCUT2D eigenvalue weighted by atomic mass is 10.5. The predicted molar refractivity (Wildman–Crippen MR) is 40.2 cm³/mol. The lowest BCUT2D eigenvalue weighted by Gasteiger charge is -1.81. The van der Waals surface area contributed by atoms with Gasteiger partial charge in [0.15, 0.2) is 0 Å². The zero-order chi connectivity index (χ0) is 11.3. The van der Waals surface area contributed by atoms with Crippen LogP contribution in [-0.2, 0) is 4.89 Å². The topological polar surface area (TPSA) is 145 Å². The van der Waals surface area contributed by atoms with E-state index in [-0.39, 0.29) is 0 Å². The van der Waals surface area contributed by atoms with E-state index in [4.69, 9.17) is 35.3 Å². The molecular weight excluding hydrogens is 188 g/mol. The van der Waals surface area contributed by atoms with E-state index in [9.17, 15) is 0 Å². The highest BCUT2D eigenvalue weighted by Gasteiger charge is 1.70. The quantitative estimate of drug-likeness (QED) is 0.331. The standard InChI is InChI=1S/C3H8O2.2CH2O3/c1-2-3-5-4;2*2-1(3)4/h4H,2-3H2,1H3;2*(H2,2,3,4). The third-order valence-corrected chi connectivity index (χ3v) is 0.295. The fourth-order valence-electron chi connectivity index (χ4n) is 0.0913. The molecule has 0 fully saturated rings. The smallest absolute Gasteiger partial charge is 0.450 e. The molecular formula is C5H12O8. The van der Waals surface area contributed by atoms with Gasteiger partial charge < -0.3 is 20.4 Å². The molecule has 0 aliphatic carbocycles. The van der Waals surface area contributed by atoms with Crippen molar-refractivity contribution in [1.29, 1.82) is 0 Å². The molecule has 0 radical (unpaired) electrons. The Morgan fingerprint density at radius 1 is 1.08 bits per heavy atom. The van der Waals surface area contributed by atoms with Crippen LogP contribution in [0.4, 0.5) is 9.59 Å². The first-order chi connectivity index (χ1) is 5.88. The molecule has 0 heterocycles. The summed E-state index contributed by atoms with van der Waals surface area (Å²) in [6.07, 6.45) is -2.80. The van der Waals surface area contributed by atoms with Crippen molar-refractivity contribution < 1.29 is 40.2 Å². The van der Waals surface area contributed by atoms with Gasteiger partial charge >= 0.3 is 12.3 Å². The molecule has 0 amide bonds. The summed E-state index contributed by atoms with van der Waals surface area (Å²) in [7, 11) is 0. The zero-order valence-electron chi connectivity index (χ0n) is 6.88. The molecule has 0 unspecified atom stereocenters. The minimum atomic E-state index is -1.83. The molecule has 0 aromatic heterocycles. The van der Waals surface area contributed by atoms with E-state index in [0.717, 1.165) is 6.42 Å². The van der Waals surface area contributed by atoms with Gasteiger partial charge in [0.2, 0.25) is 0 Å². The van der Waals surface area contributed by atoms with Crippen LogP contribution in [0.3, 0.4) is 0 Å². The van der Waals surface area contributed by atoms with Crippen molar-refractivity contribution in [1.82, 2.24) is 0 Å². The van der Waals surface area contributed by atoms with Crippen molar-refractivity contribution in [3.05, 3.63) is 0 Å². The lowest BCUT2D eigenvalue weighted by Crippen LogP contribution is -1.81. The van der Waals surface area contributed by atoms with Crippen LogP contribution in [0, 0.1) is 0 Å². The summed E-state index contributed by atoms with van der Waals surface area (Å²) in [6, 6.07) is 0. The summed E-state index contributed by atoms with van der Waals surface area (Å²) in [5, 5.41) is 35.5. The van der Waals surface area contributed by atoms with E-state index in [1.165, 1.54) is 0 Å². The van der Waals surface area contributed by atoms with Crippen molar-refractivity contribution >= 4 is 12.3 Å². The first-order valence-corrected chi connectivity index (χ1v) is 2.98. The Morgan fingerprint density at radius 3 is 1.31 bits per heavy atom. The molecule has 0 saturated heterocycles. The molecule has 0 aliphatic heterocycles. The minimum Gasteiger partial charge on any atom is -0.450 e. The van der Waals surface area contributed by atoms with E-state index < -0.39 is 12.3 Å². The van der Waals surface area contributed by atoms with Gasteiger partial charge in [0, 0.05) is 0 Å². The highest BCUT2D eigenvalue weighted by molar-refractivity contribution is 5.53. The Balaban J connectivity index is -0.000000117. The molecule has 0 bridgehead atoms. The summed E-state index contributed by atoms with van der Waals surface area (Å²) in [6.45, 7) is 2.37. The zero-order valence-corrected chi connectivity index (χ0v) is 6.88. The van der Waals surface area contributed by atoms with E-state index in [1.807, 2.05) is 6.92 Å². The second-order valence-corrected chi connectivity index (χ2v) is 1.40. The molecule has 0 spiro atoms. The van der Waals surface area contributed by atoms with Crippen molar-refractivity contribution in [3.8, 4) is 0 Å². The van der Waals surface area contributed by atoms with Crippen molar-refractivity contribution in [2.75, 3.05) is 6.61 Å². The highest BCUT2D eigenvalue weighted by Crippen LogP contribution is 1.70. The van der Waals surface area contributed by atoms with Gasteiger partial charge in [-0.15, -0.1) is 0 Å². The van der Waals surface area contributed by atoms with Crippen LogP contribution in [-0.4, -0.2) is 44.6 Å². The van der Waals surface area contributed by atoms with Crippen LogP contribution in [0.5, 0.6) is 0 Å². The van der Waals surface area contributed by atoms with Crippen molar-refractivity contribution in [2.45, 2.75) is 13.3 Å². The van der Waals surface area contributed by atoms with Crippen molar-refractivity contribution in [2.24, 2.45) is 0 Å². The van der Waals surface area contributed by atoms with E-state index >= 15 is 0 Å². The first-order valence-electron chi connectivity index (χ1n) is 2.98. The number of carbonyl (C=O) groups is 2. The fourth-order valence-corrected chi connectivity index (χ4v) is 0.0913. The van der Waals surface area contributed by atoms with Crippen LogP contribution >= 0.6 is 0 Å². The summed E-state index contributed by atoms with van der Waals surface area (Å²) in [4.78, 5) is 20.8. The normalized spacial score (nSPS) is 6.92. The third kappa shape index (κ3) is 3540. The van der Waals surface area contributed by atoms with Crippen LogP contribution in [0.2, 0.25) is 0 Å². The van der Waals surface area contributed by atoms with E-state index in [2.05, 4.69) is 4.89 Å². The maximum absolute atomic E-state index is 8.56. The monoisotopic (exact) mass is 200 g/mol. The molecule has 8 heteroatoms. The SMILES string of the molecule is CCCOO.O=C(O)O.O=C(O)O. The average molecular weight is 200 g/mol. The molecule has 0 atom stereocenters. The third-order valence-electron chi connectivity index (χ3n) is 0.295. The highest BCUT2D eigenvalue weighted by atomic mass is 17.1. The summed E-state index contributed by atoms with van der Waals surface area (Å²) < 4.78 is 0. The van der Waals surface area contributed by atoms with Gasteiger partial charge in [-0.25, -0.2) is 14.5 Å². The predicted octanol–water partition coefficient (Wildman–Crippen LogP) is 1.33. The lowest BCUT2D eigenvalue weighted by molar-refractivity contribution is -0.241. The van der Waals surface area contributed by atoms with Gasteiger partial charge in [-0.1, -0.05) is 6.92 Å². The molecule has 0 rings (SSSR count). The molecule has 13 heavy (non-hydrogen) atoms. The molecule has 8 nitrogen and oxygen atoms in total. The Labute approximate surface area is 73.5 Å². The summed E-state index contributed by atoms with van der Waals surface area (Å²) in [5.74, 6) is 0. The maximum Gasteiger partial charge on any atom is 0.503 e. The van der Waals surface area contributed by atoms with Crippen molar-refractivity contribution in [3.63, 3.8) is 0 Å². The molecule has 80 valence electrons. The first kappa shape index (κ1) is 17.5. The average Bonchev–Trinajstić information content (AvgIpc) is 1.86. The van der Waals surface area contributed by atoms with E-state index in [1.54, 1.807) is 0 Å². The largest absolute Gasteiger partial charge is 0.503 e. The van der Waals surface area contributed by atoms with Gasteiger partial charge in [-0.2, -0.15) is 0 Å². The molecule has 0 aromatic rings. The van der Waals surface area contributed by atoms with Crippen LogP contribution in [0.1, 0.15) is 13.3 Å². The van der Waals surface area contributed by atoms with Gasteiger partial charge in [-0.05, 0) is 6.42 Å². The second-order valence-electron chi connectivity index (χ2n) is 1.40. The van der Waals surface area contributed by atoms with E-state index in [0.29, 0.717) is 6.61 Å². The fraction of sp³-hybridized carbons (Fsp3) is 0.600. The Bertz CT molecular complexity index is 99.7. The van der Waals surface area contributed by atoms with Crippen LogP contribution in [0.15, 0.2) is 0 Å². The Hall–Kier alpha value is -1.54. The number of rotatable bonds is 2. The van der Waals surface area contributed by atoms with Crippen LogP contribution in [0.25, 0.3) is 0 Å².